The Morgan fingerprint density at radius 1 is 1.07 bits per heavy atom. The molecule has 0 radical (unpaired) electrons. The van der Waals surface area contributed by atoms with Gasteiger partial charge < -0.3 is 19.2 Å². The number of anilines is 2. The van der Waals surface area contributed by atoms with Crippen LogP contribution in [0, 0.1) is 0 Å². The van der Waals surface area contributed by atoms with Crippen molar-refractivity contribution in [2.45, 2.75) is 5.09 Å². The van der Waals surface area contributed by atoms with Crippen LogP contribution in [0.1, 0.15) is 10.6 Å². The third-order valence-electron chi connectivity index (χ3n) is 3.23. The van der Waals surface area contributed by atoms with Crippen molar-refractivity contribution < 1.29 is 31.9 Å². The molecule has 1 heterocycles. The first-order valence-corrected chi connectivity index (χ1v) is 9.21. The van der Waals surface area contributed by atoms with Crippen LogP contribution in [0.2, 0.25) is 0 Å². The molecule has 27 heavy (non-hydrogen) atoms. The lowest BCUT2D eigenvalue weighted by Gasteiger charge is -2.08. The molecule has 0 unspecified atom stereocenters. The van der Waals surface area contributed by atoms with E-state index in [0.717, 1.165) is 0 Å². The van der Waals surface area contributed by atoms with Crippen LogP contribution in [0.3, 0.4) is 0 Å². The highest BCUT2D eigenvalue weighted by Gasteiger charge is 2.19. The Balaban J connectivity index is 2.01. The van der Waals surface area contributed by atoms with E-state index in [1.54, 1.807) is 18.2 Å². The summed E-state index contributed by atoms with van der Waals surface area (Å²) in [6.07, 6.45) is -0.663. The number of amides is 2. The number of hydrogen-bond donors (Lipinski definition) is 3. The number of ether oxygens (including phenoxy) is 2. The second-order valence-electron chi connectivity index (χ2n) is 5.11. The summed E-state index contributed by atoms with van der Waals surface area (Å²) in [4.78, 5) is 23.8. The number of carbonyl (C=O) groups is 2. The quantitative estimate of drug-likeness (QED) is 0.576. The van der Waals surface area contributed by atoms with Gasteiger partial charge in [-0.25, -0.2) is 17.9 Å². The molecular weight excluding hydrogens is 378 g/mol. The number of furan rings is 1. The number of nitrogens with one attached hydrogen (secondary N) is 3. The van der Waals surface area contributed by atoms with Gasteiger partial charge >= 0.3 is 6.09 Å². The molecule has 2 amide bonds. The summed E-state index contributed by atoms with van der Waals surface area (Å²) in [5, 5.41) is 4.68. The lowest BCUT2D eigenvalue weighted by atomic mass is 10.2. The van der Waals surface area contributed by atoms with Gasteiger partial charge in [0.2, 0.25) is 5.09 Å². The predicted octanol–water partition coefficient (Wildman–Crippen LogP) is 1.63. The summed E-state index contributed by atoms with van der Waals surface area (Å²) in [7, 11) is -1.06. The third-order valence-corrected chi connectivity index (χ3v) is 4.51. The second kappa shape index (κ2) is 9.16. The van der Waals surface area contributed by atoms with Crippen molar-refractivity contribution in [1.29, 1.82) is 0 Å². The van der Waals surface area contributed by atoms with Crippen molar-refractivity contribution in [2.24, 2.45) is 0 Å². The molecule has 0 bridgehead atoms. The lowest BCUT2D eigenvalue weighted by Crippen LogP contribution is -2.18. The van der Waals surface area contributed by atoms with Crippen molar-refractivity contribution in [3.63, 3.8) is 0 Å². The van der Waals surface area contributed by atoms with Crippen molar-refractivity contribution >= 4 is 33.4 Å². The first kappa shape index (κ1) is 20.4. The highest BCUT2D eigenvalue weighted by Crippen LogP contribution is 2.18. The van der Waals surface area contributed by atoms with Crippen LogP contribution >= 0.6 is 0 Å². The van der Waals surface area contributed by atoms with Crippen molar-refractivity contribution in [3.8, 4) is 0 Å². The molecule has 0 aliphatic carbocycles. The first-order chi connectivity index (χ1) is 12.9. The maximum atomic E-state index is 12.2. The summed E-state index contributed by atoms with van der Waals surface area (Å²) in [5.74, 6) is -0.825. The van der Waals surface area contributed by atoms with Gasteiger partial charge in [0.1, 0.15) is 6.61 Å². The molecule has 0 aliphatic heterocycles. The molecule has 1 aromatic heterocycles. The molecule has 0 fully saturated rings. The number of carbonyl (C=O) groups excluding carboxylic acids is 2. The number of hydrogen-bond acceptors (Lipinski definition) is 7. The van der Waals surface area contributed by atoms with E-state index < -0.39 is 22.0 Å². The van der Waals surface area contributed by atoms with Crippen molar-refractivity contribution in [1.82, 2.24) is 4.72 Å². The number of methoxy groups -OCH3 is 1. The van der Waals surface area contributed by atoms with E-state index in [4.69, 9.17) is 13.9 Å². The summed E-state index contributed by atoms with van der Waals surface area (Å²) >= 11 is 0. The van der Waals surface area contributed by atoms with E-state index in [9.17, 15) is 18.0 Å². The van der Waals surface area contributed by atoms with Crippen LogP contribution in [0.5, 0.6) is 0 Å². The topological polar surface area (TPSA) is 136 Å². The maximum Gasteiger partial charge on any atom is 0.411 e. The number of rotatable bonds is 8. The number of sulfonamides is 1. The molecular formula is C16H19N3O7S. The predicted molar refractivity (Wildman–Crippen MR) is 96.2 cm³/mol. The summed E-state index contributed by atoms with van der Waals surface area (Å²) < 4.78 is 40.1. The first-order valence-electron chi connectivity index (χ1n) is 7.73. The Morgan fingerprint density at radius 2 is 1.78 bits per heavy atom. The van der Waals surface area contributed by atoms with E-state index in [1.807, 2.05) is 0 Å². The van der Waals surface area contributed by atoms with E-state index in [0.29, 0.717) is 11.4 Å². The van der Waals surface area contributed by atoms with Gasteiger partial charge in [-0.2, -0.15) is 0 Å². The summed E-state index contributed by atoms with van der Waals surface area (Å²) in [5.41, 5.74) is 0.761. The monoisotopic (exact) mass is 397 g/mol. The molecule has 0 saturated carbocycles. The average Bonchev–Trinajstić information content (AvgIpc) is 3.13. The van der Waals surface area contributed by atoms with Gasteiger partial charge in [-0.15, -0.1) is 0 Å². The van der Waals surface area contributed by atoms with Crippen LogP contribution < -0.4 is 15.4 Å². The molecule has 3 N–H and O–H groups in total. The molecule has 10 nitrogen and oxygen atoms in total. The molecule has 1 aromatic carbocycles. The van der Waals surface area contributed by atoms with Gasteiger partial charge in [-0.05, 0) is 37.4 Å². The van der Waals surface area contributed by atoms with Crippen LogP contribution in [0.15, 0.2) is 45.9 Å². The lowest BCUT2D eigenvalue weighted by molar-refractivity contribution is 0.0991. The van der Waals surface area contributed by atoms with Crippen LogP contribution in [-0.2, 0) is 19.5 Å². The fourth-order valence-electron chi connectivity index (χ4n) is 1.93. The van der Waals surface area contributed by atoms with Gasteiger partial charge in [0.05, 0.1) is 6.61 Å². The highest BCUT2D eigenvalue weighted by molar-refractivity contribution is 7.89. The van der Waals surface area contributed by atoms with E-state index >= 15 is 0 Å². The van der Waals surface area contributed by atoms with Gasteiger partial charge in [-0.1, -0.05) is 6.07 Å². The Kier molecular flexibility index (Phi) is 6.93. The molecule has 2 aromatic rings. The standard InChI is InChI=1S/C16H19N3O7S/c1-17-27(22,23)14-7-6-13(26-14)15(20)18-11-4-3-5-12(10-11)19-16(21)25-9-8-24-2/h3-7,10,17H,8-9H2,1-2H3,(H,18,20)(H,19,21). The molecule has 0 saturated heterocycles. The highest BCUT2D eigenvalue weighted by atomic mass is 32.2. The Hall–Kier alpha value is -2.89. The number of benzene rings is 1. The van der Waals surface area contributed by atoms with Gasteiger partial charge in [-0.3, -0.25) is 10.1 Å². The van der Waals surface area contributed by atoms with E-state index in [1.165, 1.54) is 32.4 Å². The maximum absolute atomic E-state index is 12.2. The Bertz CT molecular complexity index is 908. The van der Waals surface area contributed by atoms with E-state index in [-0.39, 0.29) is 24.1 Å². The zero-order valence-corrected chi connectivity index (χ0v) is 15.5. The Labute approximate surface area is 155 Å². The minimum atomic E-state index is -3.78. The van der Waals surface area contributed by atoms with Crippen LogP contribution in [0.25, 0.3) is 0 Å². The minimum absolute atomic E-state index is 0.106. The zero-order valence-electron chi connectivity index (χ0n) is 14.6. The van der Waals surface area contributed by atoms with Gasteiger partial charge in [0, 0.05) is 18.5 Å². The molecule has 0 spiro atoms. The summed E-state index contributed by atoms with van der Waals surface area (Å²) in [6.45, 7) is 0.382. The molecule has 0 atom stereocenters. The van der Waals surface area contributed by atoms with Crippen molar-refractivity contribution in [3.05, 3.63) is 42.2 Å². The molecule has 146 valence electrons. The third kappa shape index (κ3) is 5.81. The second-order valence-corrected chi connectivity index (χ2v) is 6.93. The average molecular weight is 397 g/mol. The summed E-state index contributed by atoms with van der Waals surface area (Å²) in [6, 6.07) is 8.73. The van der Waals surface area contributed by atoms with Gasteiger partial charge in [0.15, 0.2) is 5.76 Å². The van der Waals surface area contributed by atoms with Crippen LogP contribution in [0.4, 0.5) is 16.2 Å². The van der Waals surface area contributed by atoms with Crippen LogP contribution in [-0.4, -0.2) is 47.8 Å². The molecule has 0 aliphatic rings. The normalized spacial score (nSPS) is 11.0. The minimum Gasteiger partial charge on any atom is -0.447 e. The SMILES string of the molecule is CNS(=O)(=O)c1ccc(C(=O)Nc2cccc(NC(=O)OCCOC)c2)o1. The largest absolute Gasteiger partial charge is 0.447 e. The van der Waals surface area contributed by atoms with Gasteiger partial charge in [0.25, 0.3) is 15.9 Å². The zero-order chi connectivity index (χ0) is 19.9. The fourth-order valence-corrected chi connectivity index (χ4v) is 2.57. The molecule has 11 heteroatoms. The molecule has 2 rings (SSSR count). The van der Waals surface area contributed by atoms with Crippen molar-refractivity contribution in [2.75, 3.05) is 38.0 Å². The smallest absolute Gasteiger partial charge is 0.411 e. The van der Waals surface area contributed by atoms with E-state index in [2.05, 4.69) is 15.4 Å². The fraction of sp³-hybridized carbons (Fsp3) is 0.250. The Morgan fingerprint density at radius 3 is 2.44 bits per heavy atom.